The third-order valence-corrected chi connectivity index (χ3v) is 5.05. The van der Waals surface area contributed by atoms with E-state index in [0.29, 0.717) is 6.04 Å². The van der Waals surface area contributed by atoms with Crippen LogP contribution in [-0.2, 0) is 0 Å². The minimum Gasteiger partial charge on any atom is -0.370 e. The standard InChI is InChI=1S/C14H13N3S2/c1-2-13(19-6-1)11-8-14-15-5-3-12(17(14)16-11)10-4-7-18-9-10/h1-2,4,6-9,12,15H,3,5H2. The first-order chi connectivity index (χ1) is 9.42. The Morgan fingerprint density at radius 3 is 3.11 bits per heavy atom. The largest absolute Gasteiger partial charge is 0.370 e. The monoisotopic (exact) mass is 287 g/mol. The maximum Gasteiger partial charge on any atom is 0.125 e. The first-order valence-corrected chi connectivity index (χ1v) is 8.13. The Hall–Kier alpha value is -1.59. The number of thiophene rings is 2. The van der Waals surface area contributed by atoms with E-state index in [2.05, 4.69) is 50.4 Å². The summed E-state index contributed by atoms with van der Waals surface area (Å²) in [4.78, 5) is 1.23. The van der Waals surface area contributed by atoms with Gasteiger partial charge in [-0.15, -0.1) is 11.3 Å². The van der Waals surface area contributed by atoms with Crippen LogP contribution in [0.15, 0.2) is 40.4 Å². The van der Waals surface area contributed by atoms with Crippen molar-refractivity contribution in [1.82, 2.24) is 9.78 Å². The van der Waals surface area contributed by atoms with Gasteiger partial charge in [0.05, 0.1) is 10.9 Å². The van der Waals surface area contributed by atoms with Gasteiger partial charge in [-0.2, -0.15) is 16.4 Å². The van der Waals surface area contributed by atoms with Crippen molar-refractivity contribution in [3.63, 3.8) is 0 Å². The van der Waals surface area contributed by atoms with Gasteiger partial charge in [0.1, 0.15) is 11.5 Å². The van der Waals surface area contributed by atoms with E-state index < -0.39 is 0 Å². The van der Waals surface area contributed by atoms with Crippen molar-refractivity contribution in [3.05, 3.63) is 46.0 Å². The lowest BCUT2D eigenvalue weighted by Crippen LogP contribution is -2.23. The lowest BCUT2D eigenvalue weighted by molar-refractivity contribution is 0.484. The fourth-order valence-electron chi connectivity index (χ4n) is 2.54. The average Bonchev–Trinajstić information content (AvgIpc) is 3.18. The summed E-state index contributed by atoms with van der Waals surface area (Å²) in [7, 11) is 0. The van der Waals surface area contributed by atoms with E-state index in [-0.39, 0.29) is 0 Å². The molecule has 1 unspecified atom stereocenters. The van der Waals surface area contributed by atoms with Crippen molar-refractivity contribution < 1.29 is 0 Å². The Kier molecular flexibility index (Phi) is 2.67. The van der Waals surface area contributed by atoms with Gasteiger partial charge in [0.2, 0.25) is 0 Å². The number of hydrogen-bond acceptors (Lipinski definition) is 4. The van der Waals surface area contributed by atoms with Crippen molar-refractivity contribution in [2.75, 3.05) is 11.9 Å². The molecule has 1 N–H and O–H groups in total. The third-order valence-electron chi connectivity index (χ3n) is 3.46. The van der Waals surface area contributed by atoms with Crippen molar-refractivity contribution in [3.8, 4) is 10.6 Å². The SMILES string of the molecule is c1csc(-c2cc3n(n2)C(c2ccsc2)CCN3)c1. The average molecular weight is 287 g/mol. The van der Waals surface area contributed by atoms with Gasteiger partial charge in [-0.3, -0.25) is 0 Å². The Morgan fingerprint density at radius 1 is 1.32 bits per heavy atom. The predicted molar refractivity (Wildman–Crippen MR) is 81.1 cm³/mol. The minimum absolute atomic E-state index is 0.371. The molecule has 0 aliphatic carbocycles. The summed E-state index contributed by atoms with van der Waals surface area (Å²) in [5, 5.41) is 14.7. The van der Waals surface area contributed by atoms with Crippen LogP contribution in [0.25, 0.3) is 10.6 Å². The van der Waals surface area contributed by atoms with E-state index >= 15 is 0 Å². The van der Waals surface area contributed by atoms with Gasteiger partial charge in [0.15, 0.2) is 0 Å². The summed E-state index contributed by atoms with van der Waals surface area (Å²) >= 11 is 3.49. The maximum atomic E-state index is 4.80. The van der Waals surface area contributed by atoms with E-state index in [1.54, 1.807) is 22.7 Å². The smallest absolute Gasteiger partial charge is 0.125 e. The van der Waals surface area contributed by atoms with Gasteiger partial charge in [-0.1, -0.05) is 6.07 Å². The Bertz CT molecular complexity index is 668. The van der Waals surface area contributed by atoms with Crippen molar-refractivity contribution in [1.29, 1.82) is 0 Å². The van der Waals surface area contributed by atoms with E-state index in [9.17, 15) is 0 Å². The summed E-state index contributed by atoms with van der Waals surface area (Å²) in [6.07, 6.45) is 1.09. The molecule has 1 aliphatic rings. The molecule has 96 valence electrons. The van der Waals surface area contributed by atoms with Crippen molar-refractivity contribution in [2.45, 2.75) is 12.5 Å². The number of aromatic nitrogens is 2. The molecular weight excluding hydrogens is 274 g/mol. The van der Waals surface area contributed by atoms with Crippen LogP contribution in [0, 0.1) is 0 Å². The first-order valence-electron chi connectivity index (χ1n) is 6.31. The highest BCUT2D eigenvalue weighted by atomic mass is 32.1. The second kappa shape index (κ2) is 4.51. The molecule has 0 bridgehead atoms. The highest BCUT2D eigenvalue weighted by molar-refractivity contribution is 7.13. The predicted octanol–water partition coefficient (Wildman–Crippen LogP) is 4.08. The minimum atomic E-state index is 0.371. The van der Waals surface area contributed by atoms with Crippen molar-refractivity contribution >= 4 is 28.5 Å². The molecule has 3 aromatic rings. The van der Waals surface area contributed by atoms with E-state index in [1.807, 2.05) is 0 Å². The quantitative estimate of drug-likeness (QED) is 0.769. The van der Waals surface area contributed by atoms with Crippen molar-refractivity contribution in [2.24, 2.45) is 0 Å². The summed E-state index contributed by atoms with van der Waals surface area (Å²) in [5.74, 6) is 1.13. The van der Waals surface area contributed by atoms with Crippen LogP contribution in [-0.4, -0.2) is 16.3 Å². The Morgan fingerprint density at radius 2 is 2.32 bits per heavy atom. The molecule has 3 aromatic heterocycles. The number of nitrogens with one attached hydrogen (secondary N) is 1. The molecule has 0 saturated heterocycles. The number of anilines is 1. The van der Waals surface area contributed by atoms with Gasteiger partial charge < -0.3 is 5.32 Å². The molecule has 4 rings (SSSR count). The number of nitrogens with zero attached hydrogens (tertiary/aromatic N) is 2. The fourth-order valence-corrected chi connectivity index (χ4v) is 3.93. The molecule has 0 aromatic carbocycles. The summed E-state index contributed by atoms with van der Waals surface area (Å²) in [6, 6.07) is 8.93. The zero-order valence-electron chi connectivity index (χ0n) is 10.2. The van der Waals surface area contributed by atoms with E-state index in [0.717, 1.165) is 24.5 Å². The van der Waals surface area contributed by atoms with Gasteiger partial charge >= 0.3 is 0 Å². The molecule has 0 fully saturated rings. The molecule has 1 atom stereocenters. The lowest BCUT2D eigenvalue weighted by atomic mass is 10.1. The van der Waals surface area contributed by atoms with Crippen LogP contribution in [0.4, 0.5) is 5.82 Å². The molecular formula is C14H13N3S2. The molecule has 3 nitrogen and oxygen atoms in total. The number of hydrogen-bond donors (Lipinski definition) is 1. The van der Waals surface area contributed by atoms with Crippen LogP contribution in [0.3, 0.4) is 0 Å². The molecule has 4 heterocycles. The van der Waals surface area contributed by atoms with Gasteiger partial charge in [-0.05, 0) is 40.3 Å². The third kappa shape index (κ3) is 1.89. The van der Waals surface area contributed by atoms with Gasteiger partial charge in [0, 0.05) is 12.6 Å². The van der Waals surface area contributed by atoms with Crippen LogP contribution < -0.4 is 5.32 Å². The molecule has 0 radical (unpaired) electrons. The van der Waals surface area contributed by atoms with Gasteiger partial charge in [0.25, 0.3) is 0 Å². The second-order valence-corrected chi connectivity index (χ2v) is 6.35. The normalized spacial score (nSPS) is 18.0. The zero-order chi connectivity index (χ0) is 12.7. The Labute approximate surface area is 119 Å². The molecule has 19 heavy (non-hydrogen) atoms. The Balaban J connectivity index is 1.79. The molecule has 5 heteroatoms. The van der Waals surface area contributed by atoms with Crippen LogP contribution in [0.2, 0.25) is 0 Å². The highest BCUT2D eigenvalue weighted by Crippen LogP contribution is 2.34. The molecule has 0 spiro atoms. The molecule has 1 aliphatic heterocycles. The highest BCUT2D eigenvalue weighted by Gasteiger charge is 2.23. The first kappa shape index (κ1) is 11.3. The van der Waals surface area contributed by atoms with E-state index in [4.69, 9.17) is 5.10 Å². The topological polar surface area (TPSA) is 29.9 Å². The summed E-state index contributed by atoms with van der Waals surface area (Å²) in [5.41, 5.74) is 2.44. The van der Waals surface area contributed by atoms with Gasteiger partial charge in [-0.25, -0.2) is 4.68 Å². The fraction of sp³-hybridized carbons (Fsp3) is 0.214. The summed E-state index contributed by atoms with van der Waals surface area (Å²) < 4.78 is 2.14. The molecule has 0 saturated carbocycles. The van der Waals surface area contributed by atoms with Crippen LogP contribution in [0.1, 0.15) is 18.0 Å². The second-order valence-electron chi connectivity index (χ2n) is 4.62. The zero-order valence-corrected chi connectivity index (χ0v) is 11.9. The van der Waals surface area contributed by atoms with Crippen LogP contribution >= 0.6 is 22.7 Å². The maximum absolute atomic E-state index is 4.80. The molecule has 0 amide bonds. The number of rotatable bonds is 2. The summed E-state index contributed by atoms with van der Waals surface area (Å²) in [6.45, 7) is 1.01. The van der Waals surface area contributed by atoms with Crippen LogP contribution in [0.5, 0.6) is 0 Å². The lowest BCUT2D eigenvalue weighted by Gasteiger charge is -2.25. The number of fused-ring (bicyclic) bond motifs is 1. The van der Waals surface area contributed by atoms with E-state index in [1.165, 1.54) is 10.4 Å².